The zero-order chi connectivity index (χ0) is 17.8. The quantitative estimate of drug-likeness (QED) is 0.662. The zero-order valence-corrected chi connectivity index (χ0v) is 15.7. The average Bonchev–Trinajstić information content (AvgIpc) is 2.99. The highest BCUT2D eigenvalue weighted by Gasteiger charge is 2.11. The van der Waals surface area contributed by atoms with Crippen molar-refractivity contribution < 1.29 is 9.90 Å². The van der Waals surface area contributed by atoms with Crippen LogP contribution in [-0.2, 0) is 18.3 Å². The molecule has 130 valence electrons. The summed E-state index contributed by atoms with van der Waals surface area (Å²) in [4.78, 5) is 12.0. The van der Waals surface area contributed by atoms with Crippen LogP contribution in [0.4, 0.5) is 0 Å². The largest absolute Gasteiger partial charge is 0.387 e. The third-order valence-corrected chi connectivity index (χ3v) is 5.14. The molecule has 0 fully saturated rings. The number of aliphatic hydroxyl groups excluding tert-OH is 1. The molecule has 25 heavy (non-hydrogen) atoms. The lowest BCUT2D eigenvalue weighted by atomic mass is 10.1. The van der Waals surface area contributed by atoms with Crippen molar-refractivity contribution in [3.05, 3.63) is 70.3 Å². The Kier molecular flexibility index (Phi) is 5.56. The Bertz CT molecular complexity index is 888. The molecule has 0 aliphatic carbocycles. The smallest absolute Gasteiger partial charge is 0.220 e. The van der Waals surface area contributed by atoms with E-state index in [-0.39, 0.29) is 12.5 Å². The van der Waals surface area contributed by atoms with Gasteiger partial charge >= 0.3 is 0 Å². The summed E-state index contributed by atoms with van der Waals surface area (Å²) in [5, 5.41) is 14.2. The number of nitrogens with zero attached hydrogens (tertiary/aromatic N) is 1. The lowest BCUT2D eigenvalue weighted by Gasteiger charge is -2.13. The maximum Gasteiger partial charge on any atom is 0.220 e. The van der Waals surface area contributed by atoms with Gasteiger partial charge in [-0.1, -0.05) is 40.2 Å². The van der Waals surface area contributed by atoms with E-state index in [1.807, 2.05) is 66.3 Å². The molecule has 0 aliphatic rings. The van der Waals surface area contributed by atoms with Gasteiger partial charge in [-0.2, -0.15) is 0 Å². The molecule has 1 aromatic heterocycles. The van der Waals surface area contributed by atoms with Gasteiger partial charge in [0.05, 0.1) is 6.10 Å². The Hall–Kier alpha value is -2.11. The van der Waals surface area contributed by atoms with E-state index in [4.69, 9.17) is 0 Å². The molecule has 2 N–H and O–H groups in total. The van der Waals surface area contributed by atoms with Crippen molar-refractivity contribution in [2.24, 2.45) is 7.05 Å². The number of hydrogen-bond acceptors (Lipinski definition) is 2. The predicted octanol–water partition coefficient (Wildman–Crippen LogP) is 3.72. The van der Waals surface area contributed by atoms with Gasteiger partial charge in [-0.25, -0.2) is 0 Å². The number of carbonyl (C=O) groups excluding carboxylic acids is 1. The second kappa shape index (κ2) is 7.85. The van der Waals surface area contributed by atoms with Gasteiger partial charge in [0.2, 0.25) is 5.91 Å². The molecular weight excluding hydrogens is 380 g/mol. The molecule has 0 spiro atoms. The van der Waals surface area contributed by atoms with Gasteiger partial charge in [0.15, 0.2) is 0 Å². The van der Waals surface area contributed by atoms with Crippen molar-refractivity contribution in [3.63, 3.8) is 0 Å². The topological polar surface area (TPSA) is 54.3 Å². The highest BCUT2D eigenvalue weighted by molar-refractivity contribution is 9.10. The van der Waals surface area contributed by atoms with Crippen LogP contribution in [0.25, 0.3) is 10.9 Å². The Labute approximate surface area is 155 Å². The van der Waals surface area contributed by atoms with Gasteiger partial charge < -0.3 is 15.0 Å². The van der Waals surface area contributed by atoms with Crippen molar-refractivity contribution in [1.29, 1.82) is 0 Å². The fraction of sp³-hybridized carbons (Fsp3) is 0.250. The van der Waals surface area contributed by atoms with Gasteiger partial charge in [0.25, 0.3) is 0 Å². The summed E-state index contributed by atoms with van der Waals surface area (Å²) in [6.45, 7) is 0.215. The van der Waals surface area contributed by atoms with E-state index in [9.17, 15) is 9.90 Å². The Morgan fingerprint density at radius 1 is 1.24 bits per heavy atom. The number of benzene rings is 2. The first-order valence-electron chi connectivity index (χ1n) is 8.28. The monoisotopic (exact) mass is 400 g/mol. The number of nitrogens with one attached hydrogen (secondary N) is 1. The summed E-state index contributed by atoms with van der Waals surface area (Å²) in [5.41, 5.74) is 3.03. The number of hydrogen-bond donors (Lipinski definition) is 2. The van der Waals surface area contributed by atoms with Crippen LogP contribution in [0.5, 0.6) is 0 Å². The van der Waals surface area contributed by atoms with E-state index in [1.54, 1.807) is 0 Å². The fourth-order valence-corrected chi connectivity index (χ4v) is 3.36. The normalized spacial score (nSPS) is 12.3. The van der Waals surface area contributed by atoms with E-state index in [1.165, 1.54) is 0 Å². The number of fused-ring (bicyclic) bond motifs is 1. The molecule has 3 rings (SSSR count). The molecular formula is C20H21BrN2O2. The molecule has 1 atom stereocenters. The molecule has 3 aromatic rings. The maximum absolute atomic E-state index is 12.0. The first-order valence-corrected chi connectivity index (χ1v) is 9.07. The summed E-state index contributed by atoms with van der Waals surface area (Å²) >= 11 is 3.49. The molecule has 0 saturated heterocycles. The minimum Gasteiger partial charge on any atom is -0.387 e. The van der Waals surface area contributed by atoms with Gasteiger partial charge in [-0.3, -0.25) is 4.79 Å². The number of aryl methyl sites for hydroxylation is 2. The number of aliphatic hydroxyl groups is 1. The Morgan fingerprint density at radius 3 is 2.84 bits per heavy atom. The third-order valence-electron chi connectivity index (χ3n) is 4.37. The van der Waals surface area contributed by atoms with Crippen molar-refractivity contribution >= 4 is 32.7 Å². The second-order valence-corrected chi connectivity index (χ2v) is 7.01. The van der Waals surface area contributed by atoms with Gasteiger partial charge in [0, 0.05) is 36.2 Å². The first kappa shape index (κ1) is 17.7. The van der Waals surface area contributed by atoms with E-state index >= 15 is 0 Å². The lowest BCUT2D eigenvalue weighted by molar-refractivity contribution is -0.121. The van der Waals surface area contributed by atoms with Crippen LogP contribution in [0, 0.1) is 0 Å². The SMILES string of the molecule is Cn1ccc2cc(C(O)CNC(=O)CCc3ccccc3Br)ccc21. The molecule has 0 aliphatic heterocycles. The van der Waals surface area contributed by atoms with Crippen LogP contribution >= 0.6 is 15.9 Å². The van der Waals surface area contributed by atoms with Gasteiger partial charge in [0.1, 0.15) is 0 Å². The number of halogens is 1. The number of aromatic nitrogens is 1. The molecule has 2 aromatic carbocycles. The summed E-state index contributed by atoms with van der Waals surface area (Å²) in [6.07, 6.45) is 2.34. The van der Waals surface area contributed by atoms with E-state index in [2.05, 4.69) is 21.2 Å². The molecule has 0 saturated carbocycles. The fourth-order valence-electron chi connectivity index (χ4n) is 2.87. The molecule has 0 radical (unpaired) electrons. The highest BCUT2D eigenvalue weighted by atomic mass is 79.9. The number of rotatable bonds is 6. The van der Waals surface area contributed by atoms with Crippen LogP contribution in [0.2, 0.25) is 0 Å². The Balaban J connectivity index is 1.53. The summed E-state index contributed by atoms with van der Waals surface area (Å²) in [5.74, 6) is -0.0596. The molecule has 1 heterocycles. The predicted molar refractivity (Wildman–Crippen MR) is 103 cm³/mol. The van der Waals surface area contributed by atoms with E-state index in [0.717, 1.165) is 26.5 Å². The minimum atomic E-state index is -0.711. The molecule has 5 heteroatoms. The zero-order valence-electron chi connectivity index (χ0n) is 14.1. The maximum atomic E-state index is 12.0. The molecule has 0 bridgehead atoms. The molecule has 1 amide bonds. The van der Waals surface area contributed by atoms with Crippen LogP contribution in [0.1, 0.15) is 23.7 Å². The minimum absolute atomic E-state index is 0.0596. The summed E-state index contributed by atoms with van der Waals surface area (Å²) < 4.78 is 3.05. The number of amides is 1. The van der Waals surface area contributed by atoms with Crippen LogP contribution in [0.15, 0.2) is 59.2 Å². The summed E-state index contributed by atoms with van der Waals surface area (Å²) in [6, 6.07) is 15.8. The number of carbonyl (C=O) groups is 1. The van der Waals surface area contributed by atoms with E-state index in [0.29, 0.717) is 12.8 Å². The van der Waals surface area contributed by atoms with Crippen molar-refractivity contribution in [2.45, 2.75) is 18.9 Å². The molecule has 1 unspecified atom stereocenters. The molecule has 4 nitrogen and oxygen atoms in total. The van der Waals surface area contributed by atoms with Crippen molar-refractivity contribution in [1.82, 2.24) is 9.88 Å². The van der Waals surface area contributed by atoms with Crippen LogP contribution in [-0.4, -0.2) is 22.1 Å². The van der Waals surface area contributed by atoms with Gasteiger partial charge in [-0.05, 0) is 47.2 Å². The van der Waals surface area contributed by atoms with Gasteiger partial charge in [-0.15, -0.1) is 0 Å². The van der Waals surface area contributed by atoms with E-state index < -0.39 is 6.10 Å². The second-order valence-electron chi connectivity index (χ2n) is 6.16. The third kappa shape index (κ3) is 4.30. The average molecular weight is 401 g/mol. The Morgan fingerprint density at radius 2 is 2.04 bits per heavy atom. The standard InChI is InChI=1S/C20H21BrN2O2/c1-23-11-10-15-12-16(6-8-18(15)23)19(24)13-22-20(25)9-7-14-4-2-3-5-17(14)21/h2-6,8,10-12,19,24H,7,9,13H2,1H3,(H,22,25). The summed E-state index contributed by atoms with van der Waals surface area (Å²) in [7, 11) is 1.99. The first-order chi connectivity index (χ1) is 12.0. The lowest BCUT2D eigenvalue weighted by Crippen LogP contribution is -2.28. The van der Waals surface area contributed by atoms with Crippen molar-refractivity contribution in [3.8, 4) is 0 Å². The van der Waals surface area contributed by atoms with Crippen LogP contribution in [0.3, 0.4) is 0 Å². The van der Waals surface area contributed by atoms with Crippen molar-refractivity contribution in [2.75, 3.05) is 6.54 Å². The highest BCUT2D eigenvalue weighted by Crippen LogP contribution is 2.21. The van der Waals surface area contributed by atoms with Crippen LogP contribution < -0.4 is 5.32 Å².